The molecule has 7 heteroatoms. The molecule has 0 aliphatic carbocycles. The van der Waals surface area contributed by atoms with Crippen LogP contribution in [0.4, 0.5) is 11.5 Å². The van der Waals surface area contributed by atoms with Gasteiger partial charge in [0.05, 0.1) is 19.9 Å². The van der Waals surface area contributed by atoms with E-state index < -0.39 is 0 Å². The van der Waals surface area contributed by atoms with Crippen LogP contribution in [0.5, 0.6) is 11.5 Å². The molecule has 148 valence electrons. The van der Waals surface area contributed by atoms with Crippen molar-refractivity contribution in [3.63, 3.8) is 0 Å². The number of anilines is 2. The molecule has 0 atom stereocenters. The molecule has 0 amide bonds. The molecule has 1 N–H and O–H groups in total. The Balaban J connectivity index is 1.78. The monoisotopic (exact) mass is 408 g/mol. The number of methoxy groups -OCH3 is 2. The van der Waals surface area contributed by atoms with Crippen LogP contribution in [0.1, 0.15) is 11.3 Å². The van der Waals surface area contributed by atoms with Gasteiger partial charge >= 0.3 is 0 Å². The summed E-state index contributed by atoms with van der Waals surface area (Å²) in [6.07, 6.45) is 0. The Bertz CT molecular complexity index is 1200. The Hall–Kier alpha value is -3.25. The van der Waals surface area contributed by atoms with Gasteiger partial charge in [0.15, 0.2) is 17.1 Å². The number of aromatic nitrogens is 3. The first-order chi connectivity index (χ1) is 14.0. The van der Waals surface area contributed by atoms with Crippen LogP contribution in [0.15, 0.2) is 48.5 Å². The van der Waals surface area contributed by atoms with E-state index in [0.29, 0.717) is 16.5 Å². The van der Waals surface area contributed by atoms with Crippen LogP contribution >= 0.6 is 11.6 Å². The number of ether oxygens (including phenoxy) is 2. The first-order valence-electron chi connectivity index (χ1n) is 9.11. The normalized spacial score (nSPS) is 10.9. The lowest BCUT2D eigenvalue weighted by atomic mass is 10.1. The second-order valence-electron chi connectivity index (χ2n) is 6.74. The standard InChI is InChI=1S/C22H21ClN4O2/c1-13-5-7-16(11-17(13)23)25-21-9-14(2)24-22-12-18(26-27(21)22)15-6-8-19(28-3)20(10-15)29-4/h5-12,25H,1-4H3. The van der Waals surface area contributed by atoms with E-state index in [-0.39, 0.29) is 0 Å². The maximum absolute atomic E-state index is 6.27. The molecule has 29 heavy (non-hydrogen) atoms. The van der Waals surface area contributed by atoms with Gasteiger partial charge in [-0.3, -0.25) is 0 Å². The topological polar surface area (TPSA) is 60.7 Å². The smallest absolute Gasteiger partial charge is 0.161 e. The summed E-state index contributed by atoms with van der Waals surface area (Å²) in [5, 5.41) is 8.86. The first-order valence-corrected chi connectivity index (χ1v) is 9.49. The number of hydrogen-bond donors (Lipinski definition) is 1. The van der Waals surface area contributed by atoms with E-state index in [9.17, 15) is 0 Å². The zero-order chi connectivity index (χ0) is 20.5. The van der Waals surface area contributed by atoms with Crippen molar-refractivity contribution in [3.05, 3.63) is 64.8 Å². The summed E-state index contributed by atoms with van der Waals surface area (Å²) in [5.74, 6) is 2.13. The Kier molecular flexibility index (Phi) is 5.03. The van der Waals surface area contributed by atoms with Crippen LogP contribution in [0.2, 0.25) is 5.02 Å². The van der Waals surface area contributed by atoms with Crippen molar-refractivity contribution < 1.29 is 9.47 Å². The molecular weight excluding hydrogens is 388 g/mol. The first kappa shape index (κ1) is 19.1. The van der Waals surface area contributed by atoms with Gasteiger partial charge in [-0.2, -0.15) is 9.61 Å². The van der Waals surface area contributed by atoms with Crippen molar-refractivity contribution >= 4 is 28.8 Å². The summed E-state index contributed by atoms with van der Waals surface area (Å²) in [7, 11) is 3.23. The third kappa shape index (κ3) is 3.71. The molecule has 0 aliphatic heterocycles. The van der Waals surface area contributed by atoms with E-state index in [1.165, 1.54) is 0 Å². The zero-order valence-electron chi connectivity index (χ0n) is 16.7. The minimum absolute atomic E-state index is 0.652. The summed E-state index contributed by atoms with van der Waals surface area (Å²) >= 11 is 6.27. The van der Waals surface area contributed by atoms with Crippen LogP contribution in [-0.2, 0) is 0 Å². The molecule has 0 saturated heterocycles. The predicted octanol–water partition coefficient (Wildman–Crippen LogP) is 5.43. The molecule has 0 saturated carbocycles. The quantitative estimate of drug-likeness (QED) is 0.477. The van der Waals surface area contributed by atoms with Crippen molar-refractivity contribution in [3.8, 4) is 22.8 Å². The summed E-state index contributed by atoms with van der Waals surface area (Å²) in [4.78, 5) is 4.61. The van der Waals surface area contributed by atoms with Crippen LogP contribution in [0.3, 0.4) is 0 Å². The molecule has 6 nitrogen and oxygen atoms in total. The van der Waals surface area contributed by atoms with Gasteiger partial charge in [0.1, 0.15) is 5.82 Å². The number of nitrogens with zero attached hydrogens (tertiary/aromatic N) is 3. The molecule has 2 aromatic heterocycles. The summed E-state index contributed by atoms with van der Waals surface area (Å²) in [6, 6.07) is 15.5. The highest BCUT2D eigenvalue weighted by Crippen LogP contribution is 2.32. The van der Waals surface area contributed by atoms with Gasteiger partial charge in [0.25, 0.3) is 0 Å². The summed E-state index contributed by atoms with van der Waals surface area (Å²) in [5.41, 5.74) is 5.25. The average molecular weight is 409 g/mol. The maximum Gasteiger partial charge on any atom is 0.161 e. The third-order valence-corrected chi connectivity index (χ3v) is 5.09. The fourth-order valence-electron chi connectivity index (χ4n) is 3.14. The molecule has 2 aromatic carbocycles. The number of hydrogen-bond acceptors (Lipinski definition) is 5. The Labute approximate surface area is 174 Å². The highest BCUT2D eigenvalue weighted by Gasteiger charge is 2.13. The van der Waals surface area contributed by atoms with Crippen molar-refractivity contribution in [1.29, 1.82) is 0 Å². The summed E-state index contributed by atoms with van der Waals surface area (Å²) in [6.45, 7) is 3.93. The molecule has 2 heterocycles. The minimum atomic E-state index is 0.652. The Morgan fingerprint density at radius 3 is 2.45 bits per heavy atom. The van der Waals surface area contributed by atoms with Crippen molar-refractivity contribution in [2.45, 2.75) is 13.8 Å². The molecule has 0 spiro atoms. The van der Waals surface area contributed by atoms with E-state index >= 15 is 0 Å². The molecule has 0 aliphatic rings. The molecule has 0 unspecified atom stereocenters. The number of nitrogens with one attached hydrogen (secondary N) is 1. The predicted molar refractivity (Wildman–Crippen MR) is 116 cm³/mol. The van der Waals surface area contributed by atoms with Gasteiger partial charge in [-0.25, -0.2) is 4.98 Å². The number of fused-ring (bicyclic) bond motifs is 1. The average Bonchev–Trinajstić information content (AvgIpc) is 3.14. The molecule has 4 aromatic rings. The van der Waals surface area contributed by atoms with Gasteiger partial charge in [0, 0.05) is 34.1 Å². The summed E-state index contributed by atoms with van der Waals surface area (Å²) < 4.78 is 12.5. The fraction of sp³-hybridized carbons (Fsp3) is 0.182. The van der Waals surface area contributed by atoms with Crippen LogP contribution in [0, 0.1) is 13.8 Å². The second kappa shape index (κ2) is 7.64. The number of benzene rings is 2. The molecule has 0 radical (unpaired) electrons. The number of halogens is 1. The van der Waals surface area contributed by atoms with Crippen molar-refractivity contribution in [2.75, 3.05) is 19.5 Å². The number of rotatable bonds is 5. The molecule has 0 bridgehead atoms. The van der Waals surface area contributed by atoms with Gasteiger partial charge in [-0.05, 0) is 49.7 Å². The van der Waals surface area contributed by atoms with E-state index in [1.54, 1.807) is 18.7 Å². The Morgan fingerprint density at radius 2 is 1.72 bits per heavy atom. The van der Waals surface area contributed by atoms with Gasteiger partial charge < -0.3 is 14.8 Å². The van der Waals surface area contributed by atoms with E-state index in [4.69, 9.17) is 26.2 Å². The third-order valence-electron chi connectivity index (χ3n) is 4.68. The lowest BCUT2D eigenvalue weighted by molar-refractivity contribution is 0.355. The van der Waals surface area contributed by atoms with Crippen LogP contribution in [-0.4, -0.2) is 28.8 Å². The fourth-order valence-corrected chi connectivity index (χ4v) is 3.32. The molecule has 0 fully saturated rings. The lowest BCUT2D eigenvalue weighted by Crippen LogP contribution is -2.02. The maximum atomic E-state index is 6.27. The van der Waals surface area contributed by atoms with Gasteiger partial charge in [-0.15, -0.1) is 0 Å². The minimum Gasteiger partial charge on any atom is -0.493 e. The molecule has 4 rings (SSSR count). The largest absolute Gasteiger partial charge is 0.493 e. The number of aryl methyl sites for hydroxylation is 2. The second-order valence-corrected chi connectivity index (χ2v) is 7.15. The lowest BCUT2D eigenvalue weighted by Gasteiger charge is -2.10. The van der Waals surface area contributed by atoms with Gasteiger partial charge in [0.2, 0.25) is 0 Å². The molecular formula is C22H21ClN4O2. The van der Waals surface area contributed by atoms with Crippen molar-refractivity contribution in [1.82, 2.24) is 14.6 Å². The van der Waals surface area contributed by atoms with Crippen molar-refractivity contribution in [2.24, 2.45) is 0 Å². The highest BCUT2D eigenvalue weighted by atomic mass is 35.5. The van der Waals surface area contributed by atoms with Crippen LogP contribution < -0.4 is 14.8 Å². The zero-order valence-corrected chi connectivity index (χ0v) is 17.4. The van der Waals surface area contributed by atoms with Gasteiger partial charge in [-0.1, -0.05) is 17.7 Å². The Morgan fingerprint density at radius 1 is 0.931 bits per heavy atom. The van der Waals surface area contributed by atoms with Crippen LogP contribution in [0.25, 0.3) is 16.9 Å². The van der Waals surface area contributed by atoms with E-state index in [1.807, 2.05) is 62.4 Å². The van der Waals surface area contributed by atoms with E-state index in [2.05, 4.69) is 10.3 Å². The SMILES string of the molecule is COc1ccc(-c2cc3nc(C)cc(Nc4ccc(C)c(Cl)c4)n3n2)cc1OC. The van der Waals surface area contributed by atoms with E-state index in [0.717, 1.165) is 39.7 Å². The highest BCUT2D eigenvalue weighted by molar-refractivity contribution is 6.31.